The van der Waals surface area contributed by atoms with E-state index < -0.39 is 0 Å². The third-order valence-electron chi connectivity index (χ3n) is 3.53. The average molecular weight is 310 g/mol. The molecule has 96 valence electrons. The molecule has 6 heteroatoms. The maximum atomic E-state index is 4.62. The molecule has 0 bridgehead atoms. The van der Waals surface area contributed by atoms with Crippen molar-refractivity contribution in [3.05, 3.63) is 16.6 Å². The predicted molar refractivity (Wildman–Crippen MR) is 73.5 cm³/mol. The van der Waals surface area contributed by atoms with Crippen molar-refractivity contribution >= 4 is 27.0 Å². The number of rotatable bonds is 1. The van der Waals surface area contributed by atoms with Crippen molar-refractivity contribution < 1.29 is 0 Å². The van der Waals surface area contributed by atoms with Gasteiger partial charge >= 0.3 is 0 Å². The number of nitrogens with zero attached hydrogens (tertiary/aromatic N) is 4. The van der Waals surface area contributed by atoms with Gasteiger partial charge in [0, 0.05) is 0 Å². The van der Waals surface area contributed by atoms with Crippen molar-refractivity contribution in [2.24, 2.45) is 0 Å². The average Bonchev–Trinajstić information content (AvgIpc) is 2.56. The van der Waals surface area contributed by atoms with E-state index in [2.05, 4.69) is 41.0 Å². The first-order valence-electron chi connectivity index (χ1n) is 6.33. The molecule has 1 aliphatic rings. The van der Waals surface area contributed by atoms with E-state index >= 15 is 0 Å². The van der Waals surface area contributed by atoms with Crippen LogP contribution >= 0.6 is 15.9 Å². The van der Waals surface area contributed by atoms with Gasteiger partial charge in [0.1, 0.15) is 10.9 Å². The minimum Gasteiger partial charge on any atom is -0.317 e. The zero-order valence-electron chi connectivity index (χ0n) is 10.4. The van der Waals surface area contributed by atoms with E-state index in [1.54, 1.807) is 6.33 Å². The summed E-state index contributed by atoms with van der Waals surface area (Å²) in [4.78, 5) is 8.65. The van der Waals surface area contributed by atoms with Gasteiger partial charge < -0.3 is 5.32 Å². The molecule has 0 amide bonds. The van der Waals surface area contributed by atoms with E-state index in [-0.39, 0.29) is 0 Å². The third kappa shape index (κ3) is 2.03. The molecule has 0 aromatic carbocycles. The first-order chi connectivity index (χ1) is 8.77. The van der Waals surface area contributed by atoms with Crippen LogP contribution in [0.25, 0.3) is 11.0 Å². The van der Waals surface area contributed by atoms with E-state index in [0.717, 1.165) is 47.3 Å². The summed E-state index contributed by atoms with van der Waals surface area (Å²) in [5, 5.41) is 9.08. The lowest BCUT2D eigenvalue weighted by Crippen LogP contribution is -2.16. The third-order valence-corrected chi connectivity index (χ3v) is 4.08. The van der Waals surface area contributed by atoms with E-state index in [0.29, 0.717) is 6.04 Å². The zero-order valence-corrected chi connectivity index (χ0v) is 11.9. The molecule has 0 saturated carbocycles. The van der Waals surface area contributed by atoms with Gasteiger partial charge in [0.25, 0.3) is 0 Å². The summed E-state index contributed by atoms with van der Waals surface area (Å²) in [6.45, 7) is 4.15. The largest absolute Gasteiger partial charge is 0.317 e. The number of aryl methyl sites for hydroxylation is 1. The molecule has 18 heavy (non-hydrogen) atoms. The van der Waals surface area contributed by atoms with Gasteiger partial charge in [0.15, 0.2) is 5.65 Å². The lowest BCUT2D eigenvalue weighted by Gasteiger charge is -2.14. The molecule has 1 fully saturated rings. The first kappa shape index (κ1) is 12.0. The molecule has 1 N–H and O–H groups in total. The normalized spacial score (nSPS) is 21.1. The smallest absolute Gasteiger partial charge is 0.162 e. The Kier molecular flexibility index (Phi) is 3.30. The fourth-order valence-electron chi connectivity index (χ4n) is 2.57. The molecule has 1 saturated heterocycles. The van der Waals surface area contributed by atoms with Gasteiger partial charge in [-0.05, 0) is 55.2 Å². The molecule has 0 spiro atoms. The highest BCUT2D eigenvalue weighted by atomic mass is 79.9. The van der Waals surface area contributed by atoms with Crippen LogP contribution in [0.1, 0.15) is 31.0 Å². The second-order valence-corrected chi connectivity index (χ2v) is 5.48. The highest BCUT2D eigenvalue weighted by molar-refractivity contribution is 9.10. The van der Waals surface area contributed by atoms with E-state index in [1.807, 2.05) is 6.92 Å². The topological polar surface area (TPSA) is 55.6 Å². The van der Waals surface area contributed by atoms with Gasteiger partial charge in [-0.2, -0.15) is 5.10 Å². The van der Waals surface area contributed by atoms with Crippen molar-refractivity contribution in [3.63, 3.8) is 0 Å². The molecule has 2 aromatic heterocycles. The Balaban J connectivity index is 2.08. The van der Waals surface area contributed by atoms with Gasteiger partial charge in [-0.25, -0.2) is 14.6 Å². The Bertz CT molecular complexity index is 557. The van der Waals surface area contributed by atoms with E-state index in [1.165, 1.54) is 6.42 Å². The minimum atomic E-state index is 0.433. The van der Waals surface area contributed by atoms with Gasteiger partial charge in [-0.15, -0.1) is 0 Å². The number of fused-ring (bicyclic) bond motifs is 1. The Labute approximate surface area is 114 Å². The summed E-state index contributed by atoms with van der Waals surface area (Å²) in [6, 6.07) is 0.433. The lowest BCUT2D eigenvalue weighted by molar-refractivity contribution is 0.422. The minimum absolute atomic E-state index is 0.433. The summed E-state index contributed by atoms with van der Waals surface area (Å²) in [6.07, 6.45) is 5.07. The van der Waals surface area contributed by atoms with Crippen LogP contribution in [0.2, 0.25) is 0 Å². The van der Waals surface area contributed by atoms with Crippen LogP contribution in [-0.4, -0.2) is 32.8 Å². The zero-order chi connectivity index (χ0) is 12.5. The standard InChI is InChI=1S/C12H16BrN5/c1-8-10-11(13)17-18(12(10)16-7-15-8)9-3-2-5-14-6-4-9/h7,9,14H,2-6H2,1H3/t9-/m0/s1. The summed E-state index contributed by atoms with van der Waals surface area (Å²) >= 11 is 3.53. The number of aromatic nitrogens is 4. The predicted octanol–water partition coefficient (Wildman–Crippen LogP) is 2.21. The molecule has 0 radical (unpaired) electrons. The SMILES string of the molecule is Cc1ncnc2c1c(Br)nn2[C@H]1CCCNCC1. The number of nitrogens with one attached hydrogen (secondary N) is 1. The van der Waals surface area contributed by atoms with Crippen LogP contribution < -0.4 is 5.32 Å². The number of hydrogen-bond donors (Lipinski definition) is 1. The van der Waals surface area contributed by atoms with Crippen molar-refractivity contribution in [3.8, 4) is 0 Å². The Morgan fingerprint density at radius 3 is 3.11 bits per heavy atom. The van der Waals surface area contributed by atoms with Crippen molar-refractivity contribution in [1.82, 2.24) is 25.1 Å². The molecule has 1 atom stereocenters. The molecule has 5 nitrogen and oxygen atoms in total. The van der Waals surface area contributed by atoms with Gasteiger partial charge in [0.05, 0.1) is 17.1 Å². The van der Waals surface area contributed by atoms with E-state index in [9.17, 15) is 0 Å². The Morgan fingerprint density at radius 2 is 2.22 bits per heavy atom. The van der Waals surface area contributed by atoms with Crippen molar-refractivity contribution in [2.45, 2.75) is 32.2 Å². The second kappa shape index (κ2) is 4.93. The molecule has 3 heterocycles. The fraction of sp³-hybridized carbons (Fsp3) is 0.583. The van der Waals surface area contributed by atoms with Crippen LogP contribution in [0.4, 0.5) is 0 Å². The number of halogens is 1. The van der Waals surface area contributed by atoms with E-state index in [4.69, 9.17) is 0 Å². The monoisotopic (exact) mass is 309 g/mol. The summed E-state index contributed by atoms with van der Waals surface area (Å²) < 4.78 is 2.92. The maximum Gasteiger partial charge on any atom is 0.162 e. The fourth-order valence-corrected chi connectivity index (χ4v) is 3.20. The molecule has 0 unspecified atom stereocenters. The Hall–Kier alpha value is -1.01. The van der Waals surface area contributed by atoms with Gasteiger partial charge in [-0.1, -0.05) is 0 Å². The lowest BCUT2D eigenvalue weighted by atomic mass is 10.1. The van der Waals surface area contributed by atoms with Crippen LogP contribution in [-0.2, 0) is 0 Å². The molecule has 0 aliphatic carbocycles. The molecular formula is C12H16BrN5. The molecule has 3 rings (SSSR count). The molecule has 2 aromatic rings. The highest BCUT2D eigenvalue weighted by Crippen LogP contribution is 2.29. The quantitative estimate of drug-likeness (QED) is 0.877. The summed E-state index contributed by atoms with van der Waals surface area (Å²) in [5.74, 6) is 0. The molecular weight excluding hydrogens is 294 g/mol. The highest BCUT2D eigenvalue weighted by Gasteiger charge is 2.20. The summed E-state index contributed by atoms with van der Waals surface area (Å²) in [5.41, 5.74) is 1.92. The van der Waals surface area contributed by atoms with Crippen molar-refractivity contribution in [1.29, 1.82) is 0 Å². The molecule has 1 aliphatic heterocycles. The van der Waals surface area contributed by atoms with Crippen LogP contribution in [0.5, 0.6) is 0 Å². The van der Waals surface area contributed by atoms with Crippen LogP contribution in [0, 0.1) is 6.92 Å². The van der Waals surface area contributed by atoms with Crippen LogP contribution in [0.15, 0.2) is 10.9 Å². The Morgan fingerprint density at radius 1 is 1.33 bits per heavy atom. The van der Waals surface area contributed by atoms with Gasteiger partial charge in [0.2, 0.25) is 0 Å². The maximum absolute atomic E-state index is 4.62. The number of hydrogen-bond acceptors (Lipinski definition) is 4. The first-order valence-corrected chi connectivity index (χ1v) is 7.12. The van der Waals surface area contributed by atoms with Crippen molar-refractivity contribution in [2.75, 3.05) is 13.1 Å². The summed E-state index contributed by atoms with van der Waals surface area (Å²) in [7, 11) is 0. The second-order valence-electron chi connectivity index (χ2n) is 4.73. The van der Waals surface area contributed by atoms with Crippen LogP contribution in [0.3, 0.4) is 0 Å². The van der Waals surface area contributed by atoms with Gasteiger partial charge in [-0.3, -0.25) is 0 Å².